The minimum absolute atomic E-state index is 0.219. The van der Waals surface area contributed by atoms with Gasteiger partial charge in [-0.05, 0) is 67.8 Å². The van der Waals surface area contributed by atoms with Crippen LogP contribution >= 0.6 is 0 Å². The van der Waals surface area contributed by atoms with Gasteiger partial charge < -0.3 is 14.6 Å². The van der Waals surface area contributed by atoms with Gasteiger partial charge in [0.25, 0.3) is 0 Å². The number of benzene rings is 3. The zero-order valence-corrected chi connectivity index (χ0v) is 20.7. The summed E-state index contributed by atoms with van der Waals surface area (Å²) in [6.45, 7) is 14.0. The first-order valence-electron chi connectivity index (χ1n) is 11.9. The zero-order valence-electron chi connectivity index (χ0n) is 20.7. The van der Waals surface area contributed by atoms with E-state index in [0.717, 1.165) is 63.1 Å². The second-order valence-corrected chi connectivity index (χ2v) is 9.13. The molecule has 4 rings (SSSR count). The number of phenols is 1. The number of aryl methyl sites for hydroxylation is 2. The van der Waals surface area contributed by atoms with Crippen LogP contribution in [0.4, 0.5) is 0 Å². The van der Waals surface area contributed by atoms with Crippen LogP contribution in [0.1, 0.15) is 66.0 Å². The van der Waals surface area contributed by atoms with Crippen LogP contribution < -0.4 is 19.9 Å². The standard InChI is InChI=1S/C30H32O4/c1-7-8-9-14-25(31)33-28-19(4)16-24-26(22-13-11-10-12-17(22)2)23-15-18(3)27(32)20(5)29(23)34-30(24)21(28)6/h10-13,15-16,32H,2,7-9,14H2,1,3-6H3. The highest BCUT2D eigenvalue weighted by molar-refractivity contribution is 5.91. The van der Waals surface area contributed by atoms with Gasteiger partial charge >= 0.3 is 5.97 Å². The first-order valence-corrected chi connectivity index (χ1v) is 11.9. The summed E-state index contributed by atoms with van der Waals surface area (Å²) in [5.41, 5.74) is 5.95. The van der Waals surface area contributed by atoms with Crippen LogP contribution in [0.2, 0.25) is 0 Å². The molecule has 4 nitrogen and oxygen atoms in total. The third kappa shape index (κ3) is 4.09. The van der Waals surface area contributed by atoms with Gasteiger partial charge in [0, 0.05) is 34.2 Å². The molecule has 1 heterocycles. The van der Waals surface area contributed by atoms with E-state index in [1.807, 2.05) is 58.0 Å². The topological polar surface area (TPSA) is 55.8 Å². The van der Waals surface area contributed by atoms with Crippen molar-refractivity contribution in [2.75, 3.05) is 0 Å². The molecule has 0 unspecified atom stereocenters. The number of carbonyl (C=O) groups is 1. The molecule has 0 aliphatic carbocycles. The molecule has 0 radical (unpaired) electrons. The Balaban J connectivity index is 1.97. The molecule has 4 heteroatoms. The number of ether oxygens (including phenoxy) is 2. The van der Waals surface area contributed by atoms with Crippen molar-refractivity contribution < 1.29 is 19.4 Å². The molecule has 0 amide bonds. The molecule has 0 saturated carbocycles. The lowest BCUT2D eigenvalue weighted by Gasteiger charge is -2.28. The number of hydrogen-bond acceptors (Lipinski definition) is 4. The lowest BCUT2D eigenvalue weighted by atomic mass is 9.86. The summed E-state index contributed by atoms with van der Waals surface area (Å²) in [5, 5.41) is 12.5. The molecule has 176 valence electrons. The molecule has 34 heavy (non-hydrogen) atoms. The van der Waals surface area contributed by atoms with Crippen molar-refractivity contribution in [3.8, 4) is 23.0 Å². The summed E-state index contributed by atoms with van der Waals surface area (Å²) in [4.78, 5) is 12.5. The predicted octanol–water partition coefficient (Wildman–Crippen LogP) is 5.87. The molecule has 0 aromatic heterocycles. The maximum Gasteiger partial charge on any atom is 0.311 e. The Kier molecular flexibility index (Phi) is 6.52. The van der Waals surface area contributed by atoms with E-state index in [1.54, 1.807) is 0 Å². The largest absolute Gasteiger partial charge is 0.507 e. The van der Waals surface area contributed by atoms with Crippen LogP contribution in [0.15, 0.2) is 36.4 Å². The normalized spacial score (nSPS) is 13.7. The number of rotatable bonds is 5. The first-order chi connectivity index (χ1) is 16.2. The van der Waals surface area contributed by atoms with Crippen LogP contribution in [-0.2, 0) is 4.79 Å². The molecule has 0 atom stereocenters. The lowest BCUT2D eigenvalue weighted by Crippen LogP contribution is -2.27. The fraction of sp³-hybridized carbons (Fsp3) is 0.300. The van der Waals surface area contributed by atoms with Crippen LogP contribution in [0.5, 0.6) is 23.0 Å². The Bertz CT molecular complexity index is 1400. The molecule has 0 fully saturated rings. The van der Waals surface area contributed by atoms with Crippen LogP contribution in [0.25, 0.3) is 12.2 Å². The second-order valence-electron chi connectivity index (χ2n) is 9.13. The highest BCUT2D eigenvalue weighted by Gasteiger charge is 2.30. The summed E-state index contributed by atoms with van der Waals surface area (Å²) in [6, 6.07) is 12.0. The second kappa shape index (κ2) is 9.38. The van der Waals surface area contributed by atoms with Gasteiger partial charge in [0.1, 0.15) is 23.0 Å². The number of aromatic hydroxyl groups is 1. The summed E-state index contributed by atoms with van der Waals surface area (Å²) >= 11 is 0. The Hall–Kier alpha value is -3.53. The van der Waals surface area contributed by atoms with E-state index in [2.05, 4.69) is 19.6 Å². The Morgan fingerprint density at radius 3 is 2.29 bits per heavy atom. The van der Waals surface area contributed by atoms with Gasteiger partial charge in [-0.3, -0.25) is 4.79 Å². The molecular formula is C30H32O4. The van der Waals surface area contributed by atoms with E-state index >= 15 is 0 Å². The van der Waals surface area contributed by atoms with Crippen molar-refractivity contribution in [2.45, 2.75) is 60.3 Å². The predicted molar refractivity (Wildman–Crippen MR) is 136 cm³/mol. The number of carbonyl (C=O) groups excluding carboxylic acids is 1. The van der Waals surface area contributed by atoms with Crippen molar-refractivity contribution >= 4 is 18.1 Å². The summed E-state index contributed by atoms with van der Waals surface area (Å²) in [7, 11) is 0. The SMILES string of the molecule is C=c1ccccc1=C1c2cc(C)c(O)c(C)c2Oc2c1cc(C)c(OC(=O)CCCCC)c2C. The smallest absolute Gasteiger partial charge is 0.311 e. The number of unbranched alkanes of at least 4 members (excludes halogenated alkanes) is 2. The molecule has 1 aliphatic heterocycles. The van der Waals surface area contributed by atoms with Crippen LogP contribution in [0.3, 0.4) is 0 Å². The van der Waals surface area contributed by atoms with E-state index < -0.39 is 0 Å². The molecule has 1 aliphatic rings. The average Bonchev–Trinajstić information content (AvgIpc) is 2.80. The average molecular weight is 457 g/mol. The quantitative estimate of drug-likeness (QED) is 0.232. The van der Waals surface area contributed by atoms with Crippen molar-refractivity contribution in [1.29, 1.82) is 0 Å². The van der Waals surface area contributed by atoms with Gasteiger partial charge in [0.15, 0.2) is 0 Å². The molecule has 0 spiro atoms. The van der Waals surface area contributed by atoms with Crippen molar-refractivity contribution in [2.24, 2.45) is 0 Å². The fourth-order valence-electron chi connectivity index (χ4n) is 4.68. The summed E-state index contributed by atoms with van der Waals surface area (Å²) < 4.78 is 12.3. The van der Waals surface area contributed by atoms with Crippen molar-refractivity contribution in [3.05, 3.63) is 80.2 Å². The highest BCUT2D eigenvalue weighted by atomic mass is 16.5. The minimum Gasteiger partial charge on any atom is -0.507 e. The van der Waals surface area contributed by atoms with Gasteiger partial charge in [-0.15, -0.1) is 0 Å². The van der Waals surface area contributed by atoms with Crippen LogP contribution in [0, 0.1) is 27.7 Å². The molecule has 0 saturated heterocycles. The van der Waals surface area contributed by atoms with Gasteiger partial charge in [-0.25, -0.2) is 0 Å². The van der Waals surface area contributed by atoms with E-state index in [0.29, 0.717) is 29.2 Å². The third-order valence-corrected chi connectivity index (χ3v) is 6.55. The monoisotopic (exact) mass is 456 g/mol. The fourth-order valence-corrected chi connectivity index (χ4v) is 4.68. The van der Waals surface area contributed by atoms with Gasteiger partial charge in [0.2, 0.25) is 0 Å². The highest BCUT2D eigenvalue weighted by Crippen LogP contribution is 2.50. The molecule has 3 aromatic rings. The lowest BCUT2D eigenvalue weighted by molar-refractivity contribution is -0.134. The number of phenolic OH excluding ortho intramolecular Hbond substituents is 1. The molecular weight excluding hydrogens is 424 g/mol. The Morgan fingerprint density at radius 2 is 1.62 bits per heavy atom. The van der Waals surface area contributed by atoms with Crippen LogP contribution in [-0.4, -0.2) is 11.1 Å². The van der Waals surface area contributed by atoms with Gasteiger partial charge in [-0.1, -0.05) is 50.6 Å². The van der Waals surface area contributed by atoms with Crippen molar-refractivity contribution in [1.82, 2.24) is 0 Å². The third-order valence-electron chi connectivity index (χ3n) is 6.55. The zero-order chi connectivity index (χ0) is 24.6. The Labute approximate surface area is 201 Å². The maximum atomic E-state index is 12.5. The Morgan fingerprint density at radius 1 is 0.971 bits per heavy atom. The first kappa shape index (κ1) is 23.6. The van der Waals surface area contributed by atoms with Crippen molar-refractivity contribution in [3.63, 3.8) is 0 Å². The number of hydrogen-bond donors (Lipinski definition) is 1. The van der Waals surface area contributed by atoms with Gasteiger partial charge in [-0.2, -0.15) is 0 Å². The van der Waals surface area contributed by atoms with E-state index in [-0.39, 0.29) is 11.7 Å². The summed E-state index contributed by atoms with van der Waals surface area (Å²) in [5.74, 6) is 1.78. The van der Waals surface area contributed by atoms with Gasteiger partial charge in [0.05, 0.1) is 0 Å². The maximum absolute atomic E-state index is 12.5. The number of esters is 1. The molecule has 1 N–H and O–H groups in total. The molecule has 3 aromatic carbocycles. The minimum atomic E-state index is -0.229. The van der Waals surface area contributed by atoms with E-state index in [4.69, 9.17) is 9.47 Å². The van der Waals surface area contributed by atoms with E-state index in [9.17, 15) is 9.90 Å². The number of fused-ring (bicyclic) bond motifs is 2. The van der Waals surface area contributed by atoms with E-state index in [1.165, 1.54) is 0 Å². The summed E-state index contributed by atoms with van der Waals surface area (Å²) in [6.07, 6.45) is 3.27. The molecule has 0 bridgehead atoms.